The van der Waals surface area contributed by atoms with Crippen molar-refractivity contribution < 1.29 is 14.5 Å². The Morgan fingerprint density at radius 1 is 1.18 bits per heavy atom. The third-order valence-corrected chi connectivity index (χ3v) is 7.15. The fraction of sp³-hybridized carbons (Fsp3) is 0.417. The minimum atomic E-state index is -0.742. The molecule has 0 heterocycles. The molecule has 1 saturated carbocycles. The minimum absolute atomic E-state index is 0.0454. The number of nitro benzene ring substituents is 1. The lowest BCUT2D eigenvalue weighted by atomic mass is 9.79. The molecule has 1 aliphatic carbocycles. The molecule has 2 N–H and O–H groups in total. The van der Waals surface area contributed by atoms with Gasteiger partial charge in [0.1, 0.15) is 11.1 Å². The fourth-order valence-electron chi connectivity index (χ4n) is 4.33. The molecule has 0 aromatic heterocycles. The second-order valence-electron chi connectivity index (χ2n) is 8.30. The van der Waals surface area contributed by atoms with Crippen molar-refractivity contribution in [1.29, 1.82) is 0 Å². The van der Waals surface area contributed by atoms with E-state index in [1.165, 1.54) is 17.7 Å². The van der Waals surface area contributed by atoms with E-state index in [1.807, 2.05) is 24.5 Å². The number of nitrogens with zero attached hydrogens (tertiary/aromatic N) is 1. The molecule has 2 aromatic rings. The SMILES string of the molecule is CSCCC(NC(=O)c1ccc(Cl)c([N+](=O)[O-])c1)C(=O)NCC1(c2ccccc2)CCCC1. The van der Waals surface area contributed by atoms with Crippen molar-refractivity contribution in [3.63, 3.8) is 0 Å². The van der Waals surface area contributed by atoms with E-state index in [9.17, 15) is 19.7 Å². The maximum Gasteiger partial charge on any atom is 0.288 e. The van der Waals surface area contributed by atoms with Crippen LogP contribution < -0.4 is 10.6 Å². The Morgan fingerprint density at radius 3 is 2.52 bits per heavy atom. The van der Waals surface area contributed by atoms with Crippen LogP contribution in [0.1, 0.15) is 48.0 Å². The van der Waals surface area contributed by atoms with Crippen molar-refractivity contribution in [3.05, 3.63) is 74.8 Å². The zero-order valence-electron chi connectivity index (χ0n) is 18.5. The quantitative estimate of drug-likeness (QED) is 0.371. The molecule has 9 heteroatoms. The van der Waals surface area contributed by atoms with Gasteiger partial charge in [-0.15, -0.1) is 0 Å². The summed E-state index contributed by atoms with van der Waals surface area (Å²) in [4.78, 5) is 36.4. The summed E-state index contributed by atoms with van der Waals surface area (Å²) in [6.07, 6.45) is 6.63. The predicted octanol–water partition coefficient (Wildman–Crippen LogP) is 4.73. The second-order valence-corrected chi connectivity index (χ2v) is 9.69. The summed E-state index contributed by atoms with van der Waals surface area (Å²) in [5.74, 6) is -0.110. The van der Waals surface area contributed by atoms with Crippen LogP contribution in [0.4, 0.5) is 5.69 Å². The van der Waals surface area contributed by atoms with Crippen LogP contribution in [-0.2, 0) is 10.2 Å². The topological polar surface area (TPSA) is 101 Å². The lowest BCUT2D eigenvalue weighted by Crippen LogP contribution is -2.50. The Labute approximate surface area is 202 Å². The summed E-state index contributed by atoms with van der Waals surface area (Å²) in [7, 11) is 0. The van der Waals surface area contributed by atoms with Crippen molar-refractivity contribution in [1.82, 2.24) is 10.6 Å². The highest BCUT2D eigenvalue weighted by atomic mass is 35.5. The summed E-state index contributed by atoms with van der Waals surface area (Å²) in [6, 6.07) is 13.4. The Bertz CT molecular complexity index is 996. The van der Waals surface area contributed by atoms with Gasteiger partial charge in [-0.2, -0.15) is 11.8 Å². The van der Waals surface area contributed by atoms with Crippen LogP contribution >= 0.6 is 23.4 Å². The molecule has 3 rings (SSSR count). The highest BCUT2D eigenvalue weighted by Crippen LogP contribution is 2.40. The molecule has 7 nitrogen and oxygen atoms in total. The Balaban J connectivity index is 1.71. The first-order valence-corrected chi connectivity index (χ1v) is 12.7. The summed E-state index contributed by atoms with van der Waals surface area (Å²) in [5, 5.41) is 16.9. The number of thioether (sulfide) groups is 1. The van der Waals surface area contributed by atoms with Crippen LogP contribution in [0.2, 0.25) is 5.02 Å². The van der Waals surface area contributed by atoms with E-state index < -0.39 is 16.9 Å². The standard InChI is InChI=1S/C24H28ClN3O4S/c1-33-14-11-20(27-22(29)17-9-10-19(25)21(15-17)28(31)32)23(30)26-16-24(12-5-6-13-24)18-7-3-2-4-8-18/h2-4,7-10,15,20H,5-6,11-14,16H2,1H3,(H,26,30)(H,27,29). The molecule has 1 atom stereocenters. The first kappa shape index (κ1) is 25.1. The van der Waals surface area contributed by atoms with E-state index in [0.29, 0.717) is 18.7 Å². The molecular weight excluding hydrogens is 462 g/mol. The highest BCUT2D eigenvalue weighted by molar-refractivity contribution is 7.98. The molecule has 1 aliphatic rings. The molecule has 2 amide bonds. The average Bonchev–Trinajstić information content (AvgIpc) is 3.31. The van der Waals surface area contributed by atoms with Crippen molar-refractivity contribution in [2.24, 2.45) is 0 Å². The van der Waals surface area contributed by atoms with E-state index in [0.717, 1.165) is 31.7 Å². The van der Waals surface area contributed by atoms with Crippen molar-refractivity contribution >= 4 is 40.9 Å². The smallest absolute Gasteiger partial charge is 0.288 e. The third-order valence-electron chi connectivity index (χ3n) is 6.19. The number of nitro groups is 1. The predicted molar refractivity (Wildman–Crippen MR) is 132 cm³/mol. The number of hydrogen-bond donors (Lipinski definition) is 2. The van der Waals surface area contributed by atoms with E-state index in [-0.39, 0.29) is 27.6 Å². The number of nitrogens with one attached hydrogen (secondary N) is 2. The molecular formula is C24H28ClN3O4S. The van der Waals surface area contributed by atoms with Crippen molar-refractivity contribution in [3.8, 4) is 0 Å². The fourth-order valence-corrected chi connectivity index (χ4v) is 4.99. The largest absolute Gasteiger partial charge is 0.353 e. The first-order chi connectivity index (χ1) is 15.9. The van der Waals surface area contributed by atoms with Gasteiger partial charge in [0, 0.05) is 23.6 Å². The van der Waals surface area contributed by atoms with Gasteiger partial charge >= 0.3 is 0 Å². The molecule has 33 heavy (non-hydrogen) atoms. The van der Waals surface area contributed by atoms with Crippen LogP contribution in [0, 0.1) is 10.1 Å². The molecule has 0 bridgehead atoms. The summed E-state index contributed by atoms with van der Waals surface area (Å²) in [6.45, 7) is 0.508. The second kappa shape index (κ2) is 11.5. The molecule has 1 unspecified atom stereocenters. The highest BCUT2D eigenvalue weighted by Gasteiger charge is 2.36. The molecule has 0 aliphatic heterocycles. The number of halogens is 1. The number of hydrogen-bond acceptors (Lipinski definition) is 5. The molecule has 0 spiro atoms. The van der Waals surface area contributed by atoms with Gasteiger partial charge < -0.3 is 10.6 Å². The van der Waals surface area contributed by atoms with E-state index in [4.69, 9.17) is 11.6 Å². The van der Waals surface area contributed by atoms with Gasteiger partial charge in [-0.3, -0.25) is 19.7 Å². The first-order valence-electron chi connectivity index (χ1n) is 10.9. The third kappa shape index (κ3) is 6.26. The molecule has 2 aromatic carbocycles. The lowest BCUT2D eigenvalue weighted by Gasteiger charge is -2.31. The maximum atomic E-state index is 13.1. The zero-order valence-corrected chi connectivity index (χ0v) is 20.1. The van der Waals surface area contributed by atoms with Crippen molar-refractivity contribution in [2.45, 2.75) is 43.6 Å². The number of benzene rings is 2. The van der Waals surface area contributed by atoms with Gasteiger partial charge in [0.05, 0.1) is 4.92 Å². The van der Waals surface area contributed by atoms with Crippen LogP contribution in [0.25, 0.3) is 0 Å². The monoisotopic (exact) mass is 489 g/mol. The van der Waals surface area contributed by atoms with Gasteiger partial charge in [0.2, 0.25) is 5.91 Å². The van der Waals surface area contributed by atoms with Crippen LogP contribution in [0.5, 0.6) is 0 Å². The summed E-state index contributed by atoms with van der Waals surface area (Å²) in [5.41, 5.74) is 0.868. The Kier molecular flexibility index (Phi) is 8.74. The molecule has 176 valence electrons. The lowest BCUT2D eigenvalue weighted by molar-refractivity contribution is -0.384. The van der Waals surface area contributed by atoms with Crippen LogP contribution in [0.15, 0.2) is 48.5 Å². The van der Waals surface area contributed by atoms with E-state index >= 15 is 0 Å². The molecule has 0 saturated heterocycles. The molecule has 0 radical (unpaired) electrons. The van der Waals surface area contributed by atoms with Gasteiger partial charge in [0.15, 0.2) is 0 Å². The van der Waals surface area contributed by atoms with Crippen LogP contribution in [-0.4, -0.2) is 41.3 Å². The van der Waals surface area contributed by atoms with Crippen LogP contribution in [0.3, 0.4) is 0 Å². The maximum absolute atomic E-state index is 13.1. The van der Waals surface area contributed by atoms with E-state index in [1.54, 1.807) is 11.8 Å². The van der Waals surface area contributed by atoms with Gasteiger partial charge in [0.25, 0.3) is 11.6 Å². The minimum Gasteiger partial charge on any atom is -0.353 e. The molecule has 1 fully saturated rings. The number of amides is 2. The Morgan fingerprint density at radius 2 is 1.88 bits per heavy atom. The number of carbonyl (C=O) groups is 2. The van der Waals surface area contributed by atoms with Gasteiger partial charge in [-0.1, -0.05) is 54.8 Å². The summed E-state index contributed by atoms with van der Waals surface area (Å²) < 4.78 is 0. The average molecular weight is 490 g/mol. The normalized spacial score (nSPS) is 15.6. The van der Waals surface area contributed by atoms with Gasteiger partial charge in [-0.25, -0.2) is 0 Å². The zero-order chi connectivity index (χ0) is 23.8. The van der Waals surface area contributed by atoms with Crippen molar-refractivity contribution in [2.75, 3.05) is 18.6 Å². The summed E-state index contributed by atoms with van der Waals surface area (Å²) >= 11 is 7.43. The number of rotatable bonds is 10. The van der Waals surface area contributed by atoms with E-state index in [2.05, 4.69) is 22.8 Å². The Hall–Kier alpha value is -2.58. The number of carbonyl (C=O) groups excluding carboxylic acids is 2. The van der Waals surface area contributed by atoms with Gasteiger partial charge in [-0.05, 0) is 49.0 Å².